The number of aryl methyl sites for hydroxylation is 1. The predicted octanol–water partition coefficient (Wildman–Crippen LogP) is 5.88. The van der Waals surface area contributed by atoms with E-state index in [2.05, 4.69) is 24.5 Å². The standard InChI is InChI=1S/C36H39N3O5S/c1-6-44-35(41)31-32(24-13-9-7-10-14-24)37-36-39(33(31)28-21-27(42-4)17-18-29(28)43-5)34(40)30(45-36)20-25-19-22(2)38(23(25)3)26-15-11-8-12-16-26/h7,9-10,13-14,17-21,26,33H,6,8,11-12,15-16H2,1-5H3/b30-20-/t33-/m1/s1. The molecule has 1 atom stereocenters. The first kappa shape index (κ1) is 30.6. The van der Waals surface area contributed by atoms with Crippen molar-refractivity contribution >= 4 is 29.1 Å². The lowest BCUT2D eigenvalue weighted by atomic mass is 9.92. The summed E-state index contributed by atoms with van der Waals surface area (Å²) in [6, 6.07) is 16.7. The van der Waals surface area contributed by atoms with Crippen molar-refractivity contribution in [1.29, 1.82) is 0 Å². The van der Waals surface area contributed by atoms with Crippen molar-refractivity contribution in [1.82, 2.24) is 9.13 Å². The van der Waals surface area contributed by atoms with Crippen molar-refractivity contribution in [2.75, 3.05) is 20.8 Å². The molecular weight excluding hydrogens is 586 g/mol. The van der Waals surface area contributed by atoms with E-state index in [1.165, 1.54) is 49.1 Å². The fourth-order valence-corrected chi connectivity index (χ4v) is 7.77. The Morgan fingerprint density at radius 1 is 1.00 bits per heavy atom. The molecule has 0 saturated heterocycles. The van der Waals surface area contributed by atoms with Gasteiger partial charge in [0.15, 0.2) is 4.80 Å². The topological polar surface area (TPSA) is 84.1 Å². The minimum atomic E-state index is -0.864. The average molecular weight is 626 g/mol. The lowest BCUT2D eigenvalue weighted by Gasteiger charge is -2.27. The Labute approximate surface area is 266 Å². The van der Waals surface area contributed by atoms with E-state index in [-0.39, 0.29) is 17.7 Å². The van der Waals surface area contributed by atoms with Crippen LogP contribution in [-0.4, -0.2) is 35.9 Å². The summed E-state index contributed by atoms with van der Waals surface area (Å²) in [5.41, 5.74) is 5.24. The number of ether oxygens (including phenoxy) is 3. The molecule has 234 valence electrons. The van der Waals surface area contributed by atoms with E-state index in [1.807, 2.05) is 42.5 Å². The Kier molecular flexibility index (Phi) is 8.81. The number of esters is 1. The average Bonchev–Trinajstić information content (AvgIpc) is 3.53. The molecule has 0 amide bonds. The van der Waals surface area contributed by atoms with Crippen molar-refractivity contribution in [2.45, 2.75) is 65.0 Å². The molecule has 8 nitrogen and oxygen atoms in total. The summed E-state index contributed by atoms with van der Waals surface area (Å²) in [6.07, 6.45) is 8.12. The summed E-state index contributed by atoms with van der Waals surface area (Å²) < 4.78 is 21.6. The van der Waals surface area contributed by atoms with Crippen LogP contribution >= 0.6 is 11.3 Å². The van der Waals surface area contributed by atoms with Crippen LogP contribution in [-0.2, 0) is 9.53 Å². The number of nitrogens with zero attached hydrogens (tertiary/aromatic N) is 3. The quantitative estimate of drug-likeness (QED) is 0.229. The molecule has 6 rings (SSSR count). The summed E-state index contributed by atoms with van der Waals surface area (Å²) in [5, 5.41) is 0. The molecule has 2 aliphatic rings. The lowest BCUT2D eigenvalue weighted by molar-refractivity contribution is -0.138. The number of rotatable bonds is 8. The number of fused-ring (bicyclic) bond motifs is 1. The molecule has 3 heterocycles. The van der Waals surface area contributed by atoms with Crippen LogP contribution < -0.4 is 24.4 Å². The van der Waals surface area contributed by atoms with E-state index >= 15 is 0 Å². The highest BCUT2D eigenvalue weighted by Crippen LogP contribution is 2.40. The van der Waals surface area contributed by atoms with Gasteiger partial charge in [0.1, 0.15) is 17.5 Å². The van der Waals surface area contributed by atoms with E-state index in [1.54, 1.807) is 37.8 Å². The number of carbonyl (C=O) groups excluding carboxylic acids is 1. The molecule has 1 saturated carbocycles. The first-order chi connectivity index (χ1) is 21.9. The van der Waals surface area contributed by atoms with Gasteiger partial charge >= 0.3 is 5.97 Å². The largest absolute Gasteiger partial charge is 0.497 e. The van der Waals surface area contributed by atoms with E-state index < -0.39 is 12.0 Å². The molecule has 1 fully saturated rings. The van der Waals surface area contributed by atoms with Gasteiger partial charge in [0.25, 0.3) is 5.56 Å². The van der Waals surface area contributed by atoms with E-state index in [0.717, 1.165) is 16.8 Å². The van der Waals surface area contributed by atoms with Crippen molar-refractivity contribution in [3.05, 3.63) is 108 Å². The monoisotopic (exact) mass is 625 g/mol. The van der Waals surface area contributed by atoms with Crippen LogP contribution in [0.1, 0.15) is 79.2 Å². The highest BCUT2D eigenvalue weighted by molar-refractivity contribution is 7.07. The third-order valence-corrected chi connectivity index (χ3v) is 9.84. The molecule has 1 aliphatic heterocycles. The van der Waals surface area contributed by atoms with Crippen molar-refractivity contribution in [3.8, 4) is 11.5 Å². The molecule has 0 radical (unpaired) electrons. The van der Waals surface area contributed by atoms with Crippen LogP contribution in [0.2, 0.25) is 0 Å². The summed E-state index contributed by atoms with van der Waals surface area (Å²) in [4.78, 5) is 33.8. The molecule has 1 aliphatic carbocycles. The highest BCUT2D eigenvalue weighted by atomic mass is 32.1. The fraction of sp³-hybridized carbons (Fsp3) is 0.361. The molecule has 2 aromatic heterocycles. The lowest BCUT2D eigenvalue weighted by Crippen LogP contribution is -2.40. The second-order valence-corrected chi connectivity index (χ2v) is 12.5. The zero-order valence-corrected chi connectivity index (χ0v) is 27.3. The minimum absolute atomic E-state index is 0.174. The maximum atomic E-state index is 14.5. The number of thiazole rings is 1. The van der Waals surface area contributed by atoms with Gasteiger partial charge < -0.3 is 18.8 Å². The maximum Gasteiger partial charge on any atom is 0.338 e. The number of carbonyl (C=O) groups is 1. The molecule has 0 spiro atoms. The third-order valence-electron chi connectivity index (χ3n) is 8.86. The van der Waals surface area contributed by atoms with Gasteiger partial charge in [-0.15, -0.1) is 0 Å². The van der Waals surface area contributed by atoms with Gasteiger partial charge in [-0.1, -0.05) is 60.9 Å². The molecule has 0 bridgehead atoms. The normalized spacial score (nSPS) is 17.2. The van der Waals surface area contributed by atoms with Crippen LogP contribution in [0.25, 0.3) is 11.8 Å². The predicted molar refractivity (Wildman–Crippen MR) is 177 cm³/mol. The van der Waals surface area contributed by atoms with Gasteiger partial charge in [0.2, 0.25) is 0 Å². The molecule has 4 aromatic rings. The Hall–Kier alpha value is -4.37. The highest BCUT2D eigenvalue weighted by Gasteiger charge is 2.37. The Balaban J connectivity index is 1.62. The minimum Gasteiger partial charge on any atom is -0.497 e. The van der Waals surface area contributed by atoms with Crippen LogP contribution in [0, 0.1) is 13.8 Å². The smallest absolute Gasteiger partial charge is 0.338 e. The Bertz CT molecular complexity index is 1940. The first-order valence-electron chi connectivity index (χ1n) is 15.5. The molecule has 0 N–H and O–H groups in total. The molecule has 0 unspecified atom stereocenters. The van der Waals surface area contributed by atoms with Gasteiger partial charge in [0, 0.05) is 28.6 Å². The van der Waals surface area contributed by atoms with Crippen LogP contribution in [0.3, 0.4) is 0 Å². The van der Waals surface area contributed by atoms with Crippen molar-refractivity contribution < 1.29 is 19.0 Å². The Morgan fingerprint density at radius 2 is 1.76 bits per heavy atom. The molecule has 2 aromatic carbocycles. The number of aromatic nitrogens is 2. The van der Waals surface area contributed by atoms with Gasteiger partial charge in [0.05, 0.1) is 36.6 Å². The molecular formula is C36H39N3O5S. The van der Waals surface area contributed by atoms with Crippen LogP contribution in [0.15, 0.2) is 70.0 Å². The Morgan fingerprint density at radius 3 is 2.44 bits per heavy atom. The molecule has 45 heavy (non-hydrogen) atoms. The van der Waals surface area contributed by atoms with Crippen molar-refractivity contribution in [2.24, 2.45) is 4.99 Å². The SMILES string of the molecule is CCOC(=O)C1=C(c2ccccc2)N=c2s/c(=C\c3cc(C)n(C4CCCCC4)c3C)c(=O)n2[C@@H]1c1cc(OC)ccc1OC. The van der Waals surface area contributed by atoms with Gasteiger partial charge in [-0.3, -0.25) is 9.36 Å². The van der Waals surface area contributed by atoms with E-state index in [9.17, 15) is 9.59 Å². The summed E-state index contributed by atoms with van der Waals surface area (Å²) in [6.45, 7) is 6.22. The zero-order valence-electron chi connectivity index (χ0n) is 26.5. The van der Waals surface area contributed by atoms with Gasteiger partial charge in [-0.25, -0.2) is 9.79 Å². The third kappa shape index (κ3) is 5.65. The van der Waals surface area contributed by atoms with Crippen LogP contribution in [0.4, 0.5) is 0 Å². The maximum absolute atomic E-state index is 14.5. The fourth-order valence-electron chi connectivity index (χ4n) is 6.78. The number of hydrogen-bond donors (Lipinski definition) is 0. The number of hydrogen-bond acceptors (Lipinski definition) is 7. The number of methoxy groups -OCH3 is 2. The summed E-state index contributed by atoms with van der Waals surface area (Å²) in [7, 11) is 3.15. The number of benzene rings is 2. The summed E-state index contributed by atoms with van der Waals surface area (Å²) in [5.74, 6) is 0.548. The van der Waals surface area contributed by atoms with E-state index in [0.29, 0.717) is 38.1 Å². The second-order valence-electron chi connectivity index (χ2n) is 11.5. The van der Waals surface area contributed by atoms with E-state index in [4.69, 9.17) is 19.2 Å². The molecule has 9 heteroatoms. The summed E-state index contributed by atoms with van der Waals surface area (Å²) >= 11 is 1.32. The zero-order chi connectivity index (χ0) is 31.7. The van der Waals surface area contributed by atoms with Crippen molar-refractivity contribution in [3.63, 3.8) is 0 Å². The van der Waals surface area contributed by atoms with Gasteiger partial charge in [-0.05, 0) is 69.5 Å². The van der Waals surface area contributed by atoms with Gasteiger partial charge in [-0.2, -0.15) is 0 Å². The first-order valence-corrected chi connectivity index (χ1v) is 16.4. The second kappa shape index (κ2) is 12.9. The van der Waals surface area contributed by atoms with Crippen LogP contribution in [0.5, 0.6) is 11.5 Å².